The van der Waals surface area contributed by atoms with Crippen LogP contribution in [-0.2, 0) is 0 Å². The highest BCUT2D eigenvalue weighted by molar-refractivity contribution is 7.21. The van der Waals surface area contributed by atoms with Crippen LogP contribution in [0.5, 0.6) is 0 Å². The lowest BCUT2D eigenvalue weighted by atomic mass is 9.82. The summed E-state index contributed by atoms with van der Waals surface area (Å²) in [6, 6.07) is 5.57. The van der Waals surface area contributed by atoms with Gasteiger partial charge in [-0.05, 0) is 36.5 Å². The van der Waals surface area contributed by atoms with Crippen molar-refractivity contribution in [3.8, 4) is 0 Å². The maximum Gasteiger partial charge on any atom is 0.266 e. The third kappa shape index (κ3) is 2.74. The highest BCUT2D eigenvalue weighted by Gasteiger charge is 2.30. The molecule has 2 N–H and O–H groups in total. The quantitative estimate of drug-likeness (QED) is 0.845. The number of fused-ring (bicyclic) bond motifs is 1. The molecule has 1 aliphatic heterocycles. The number of hydrogen-bond donors (Lipinski definition) is 1. The Morgan fingerprint density at radius 3 is 2.67 bits per heavy atom. The molecule has 0 unspecified atom stereocenters. The fourth-order valence-electron chi connectivity index (χ4n) is 2.71. The maximum absolute atomic E-state index is 12.7. The summed E-state index contributed by atoms with van der Waals surface area (Å²) in [7, 11) is 0. The molecule has 1 fully saturated rings. The van der Waals surface area contributed by atoms with Crippen LogP contribution in [0.4, 0.5) is 5.69 Å². The maximum atomic E-state index is 12.7. The Balaban J connectivity index is 1.90. The lowest BCUT2D eigenvalue weighted by Crippen LogP contribution is -2.41. The van der Waals surface area contributed by atoms with Crippen molar-refractivity contribution in [2.24, 2.45) is 5.41 Å². The Morgan fingerprint density at radius 1 is 1.33 bits per heavy atom. The third-order valence-electron chi connectivity index (χ3n) is 4.29. The monoisotopic (exact) mass is 322 g/mol. The minimum absolute atomic E-state index is 0.0559. The van der Waals surface area contributed by atoms with Gasteiger partial charge in [0.25, 0.3) is 5.91 Å². The molecule has 1 aliphatic rings. The molecule has 2 heterocycles. The molecule has 0 bridgehead atoms. The van der Waals surface area contributed by atoms with Crippen molar-refractivity contribution in [3.63, 3.8) is 0 Å². The fraction of sp³-hybridized carbons (Fsp3) is 0.438. The number of rotatable bonds is 1. The molecular formula is C16H19ClN2OS. The van der Waals surface area contributed by atoms with E-state index in [1.54, 1.807) is 0 Å². The third-order valence-corrected chi connectivity index (χ3v) is 5.68. The summed E-state index contributed by atoms with van der Waals surface area (Å²) >= 11 is 7.45. The molecule has 1 aromatic heterocycles. The molecule has 0 aliphatic carbocycles. The van der Waals surface area contributed by atoms with Crippen LogP contribution in [0.15, 0.2) is 18.2 Å². The van der Waals surface area contributed by atoms with Gasteiger partial charge in [0.05, 0.1) is 5.69 Å². The van der Waals surface area contributed by atoms with Gasteiger partial charge in [-0.3, -0.25) is 4.79 Å². The summed E-state index contributed by atoms with van der Waals surface area (Å²) in [6.45, 7) is 6.12. The molecule has 0 spiro atoms. The van der Waals surface area contributed by atoms with Gasteiger partial charge in [-0.25, -0.2) is 0 Å². The van der Waals surface area contributed by atoms with Crippen molar-refractivity contribution in [1.29, 1.82) is 0 Å². The van der Waals surface area contributed by atoms with Gasteiger partial charge in [0.15, 0.2) is 0 Å². The van der Waals surface area contributed by atoms with E-state index in [1.165, 1.54) is 11.3 Å². The Morgan fingerprint density at radius 2 is 2.00 bits per heavy atom. The number of hydrogen-bond acceptors (Lipinski definition) is 3. The van der Waals surface area contributed by atoms with Crippen molar-refractivity contribution in [1.82, 2.24) is 4.90 Å². The SMILES string of the molecule is CC1(C)CCN(C(=O)c2sc3cc(Cl)ccc3c2N)CC1. The number of carbonyl (C=O) groups is 1. The van der Waals surface area contributed by atoms with Gasteiger partial charge in [-0.1, -0.05) is 25.4 Å². The first-order valence-electron chi connectivity index (χ1n) is 7.14. The van der Waals surface area contributed by atoms with E-state index in [0.717, 1.165) is 36.0 Å². The van der Waals surface area contributed by atoms with Crippen LogP contribution < -0.4 is 5.73 Å². The summed E-state index contributed by atoms with van der Waals surface area (Å²) in [5, 5.41) is 1.59. The number of nitrogens with zero attached hydrogens (tertiary/aromatic N) is 1. The molecule has 0 radical (unpaired) electrons. The average Bonchev–Trinajstić information content (AvgIpc) is 2.74. The normalized spacial score (nSPS) is 18.1. The summed E-state index contributed by atoms with van der Waals surface area (Å²) in [5.41, 5.74) is 7.08. The number of nitrogen functional groups attached to an aromatic ring is 1. The minimum atomic E-state index is 0.0559. The van der Waals surface area contributed by atoms with Crippen LogP contribution in [0.3, 0.4) is 0 Å². The van der Waals surface area contributed by atoms with Gasteiger partial charge in [-0.2, -0.15) is 0 Å². The first-order chi connectivity index (χ1) is 9.87. The molecular weight excluding hydrogens is 304 g/mol. The van der Waals surface area contributed by atoms with E-state index in [9.17, 15) is 4.79 Å². The molecule has 2 aromatic rings. The fourth-order valence-corrected chi connectivity index (χ4v) is 4.07. The van der Waals surface area contributed by atoms with E-state index < -0.39 is 0 Å². The molecule has 112 valence electrons. The van der Waals surface area contributed by atoms with Gasteiger partial charge in [0.1, 0.15) is 4.88 Å². The number of amides is 1. The second-order valence-electron chi connectivity index (χ2n) is 6.44. The summed E-state index contributed by atoms with van der Waals surface area (Å²) in [6.07, 6.45) is 2.07. The molecule has 21 heavy (non-hydrogen) atoms. The number of piperidine rings is 1. The zero-order chi connectivity index (χ0) is 15.2. The molecule has 3 nitrogen and oxygen atoms in total. The smallest absolute Gasteiger partial charge is 0.266 e. The van der Waals surface area contributed by atoms with E-state index in [-0.39, 0.29) is 5.91 Å². The van der Waals surface area contributed by atoms with Crippen LogP contribution >= 0.6 is 22.9 Å². The molecule has 5 heteroatoms. The van der Waals surface area contributed by atoms with E-state index in [1.807, 2.05) is 23.1 Å². The predicted molar refractivity (Wildman–Crippen MR) is 90.2 cm³/mol. The highest BCUT2D eigenvalue weighted by Crippen LogP contribution is 2.37. The molecule has 1 aromatic carbocycles. The van der Waals surface area contributed by atoms with Gasteiger partial charge in [0.2, 0.25) is 0 Å². The Bertz CT molecular complexity index is 698. The number of halogens is 1. The second-order valence-corrected chi connectivity index (χ2v) is 7.93. The lowest BCUT2D eigenvalue weighted by molar-refractivity contribution is 0.0636. The van der Waals surface area contributed by atoms with E-state index in [4.69, 9.17) is 17.3 Å². The van der Waals surface area contributed by atoms with Gasteiger partial charge in [-0.15, -0.1) is 11.3 Å². The lowest BCUT2D eigenvalue weighted by Gasteiger charge is -2.36. The van der Waals surface area contributed by atoms with Crippen molar-refractivity contribution < 1.29 is 4.79 Å². The van der Waals surface area contributed by atoms with Crippen LogP contribution in [-0.4, -0.2) is 23.9 Å². The molecule has 1 saturated heterocycles. The van der Waals surface area contributed by atoms with Crippen molar-refractivity contribution in [2.75, 3.05) is 18.8 Å². The van der Waals surface area contributed by atoms with Gasteiger partial charge >= 0.3 is 0 Å². The topological polar surface area (TPSA) is 46.3 Å². The van der Waals surface area contributed by atoms with Gasteiger partial charge in [0, 0.05) is 28.2 Å². The first-order valence-corrected chi connectivity index (χ1v) is 8.34. The number of likely N-dealkylation sites (tertiary alicyclic amines) is 1. The van der Waals surface area contributed by atoms with E-state index in [2.05, 4.69) is 13.8 Å². The molecule has 1 amide bonds. The predicted octanol–water partition coefficient (Wildman–Crippen LogP) is 4.40. The highest BCUT2D eigenvalue weighted by atomic mass is 35.5. The van der Waals surface area contributed by atoms with Crippen LogP contribution in [0.2, 0.25) is 5.02 Å². The number of anilines is 1. The van der Waals surface area contributed by atoms with E-state index in [0.29, 0.717) is 21.0 Å². The van der Waals surface area contributed by atoms with Crippen molar-refractivity contribution >= 4 is 44.6 Å². The Labute approximate surface area is 133 Å². The van der Waals surface area contributed by atoms with Gasteiger partial charge < -0.3 is 10.6 Å². The second kappa shape index (κ2) is 5.18. The zero-order valence-electron chi connectivity index (χ0n) is 12.3. The van der Waals surface area contributed by atoms with Crippen LogP contribution in [0.25, 0.3) is 10.1 Å². The molecule has 0 atom stereocenters. The molecule has 3 rings (SSSR count). The number of benzene rings is 1. The number of thiophene rings is 1. The van der Waals surface area contributed by atoms with Crippen LogP contribution in [0.1, 0.15) is 36.4 Å². The van der Waals surface area contributed by atoms with Crippen molar-refractivity contribution in [2.45, 2.75) is 26.7 Å². The van der Waals surface area contributed by atoms with Crippen LogP contribution in [0, 0.1) is 5.41 Å². The number of nitrogens with two attached hydrogens (primary N) is 1. The standard InChI is InChI=1S/C16H19ClN2OS/c1-16(2)5-7-19(8-6-16)15(20)14-13(18)11-4-3-10(17)9-12(11)21-14/h3-4,9H,5-8,18H2,1-2H3. The zero-order valence-corrected chi connectivity index (χ0v) is 13.9. The summed E-state index contributed by atoms with van der Waals surface area (Å²) in [5.74, 6) is 0.0559. The average molecular weight is 323 g/mol. The minimum Gasteiger partial charge on any atom is -0.397 e. The molecule has 0 saturated carbocycles. The number of carbonyl (C=O) groups excluding carboxylic acids is 1. The summed E-state index contributed by atoms with van der Waals surface area (Å²) in [4.78, 5) is 15.3. The Hall–Kier alpha value is -1.26. The first kappa shape index (κ1) is 14.7. The van der Waals surface area contributed by atoms with Crippen molar-refractivity contribution in [3.05, 3.63) is 28.1 Å². The Kier molecular flexibility index (Phi) is 3.62. The van der Waals surface area contributed by atoms with E-state index >= 15 is 0 Å². The summed E-state index contributed by atoms with van der Waals surface area (Å²) < 4.78 is 0.973. The largest absolute Gasteiger partial charge is 0.397 e.